The molecule has 0 saturated carbocycles. The minimum atomic E-state index is -0.900. The molecule has 0 aliphatic heterocycles. The van der Waals surface area contributed by atoms with Crippen LogP contribution in [0.15, 0.2) is 25.3 Å². The number of carbonyl (C=O) groups excluding carboxylic acids is 1. The summed E-state index contributed by atoms with van der Waals surface area (Å²) >= 11 is 0. The van der Waals surface area contributed by atoms with Crippen molar-refractivity contribution in [2.45, 2.75) is 167 Å². The molecule has 0 aliphatic rings. The van der Waals surface area contributed by atoms with E-state index in [-0.39, 0.29) is 13.0 Å². The monoisotopic (exact) mass is 534 g/mol. The van der Waals surface area contributed by atoms with E-state index < -0.39 is 17.9 Å². The molecular formula is C34H62O4. The first-order chi connectivity index (χ1) is 18.6. The molecule has 0 saturated heterocycles. The summed E-state index contributed by atoms with van der Waals surface area (Å²) < 4.78 is 4.91. The number of unbranched alkanes of at least 4 members (excludes halogenated alkanes) is 23. The van der Waals surface area contributed by atoms with Crippen molar-refractivity contribution in [2.24, 2.45) is 5.92 Å². The van der Waals surface area contributed by atoms with Crippen molar-refractivity contribution in [3.05, 3.63) is 25.3 Å². The van der Waals surface area contributed by atoms with Gasteiger partial charge < -0.3 is 9.84 Å². The molecule has 4 nitrogen and oxygen atoms in total. The van der Waals surface area contributed by atoms with Crippen LogP contribution in [0.4, 0.5) is 0 Å². The number of carbonyl (C=O) groups is 2. The summed E-state index contributed by atoms with van der Waals surface area (Å²) in [6.07, 6.45) is 36.0. The Bertz CT molecular complexity index is 557. The van der Waals surface area contributed by atoms with Gasteiger partial charge in [-0.25, -0.2) is 0 Å². The first-order valence-electron chi connectivity index (χ1n) is 16.2. The first-order valence-corrected chi connectivity index (χ1v) is 16.2. The maximum absolute atomic E-state index is 11.6. The standard InChI is InChI=1S/C34H62O4/c1-3-5-6-7-8-9-10-11-12-13-14-15-16-17-18-19-20-21-22-23-24-25-26-27-28-29-32(34(36)37)31-33(35)38-30-4-2/h3-4,32H,1-2,5-31H2,(H,36,37). The SMILES string of the molecule is C=CCCCCCCCCCCCCCCCCCCCCCCCCCC(CC(=O)OCC=C)C(=O)O. The maximum Gasteiger partial charge on any atom is 0.307 e. The van der Waals surface area contributed by atoms with Crippen molar-refractivity contribution in [1.82, 2.24) is 0 Å². The fourth-order valence-corrected chi connectivity index (χ4v) is 5.12. The normalized spacial score (nSPS) is 11.8. The van der Waals surface area contributed by atoms with E-state index in [0.29, 0.717) is 6.42 Å². The summed E-state index contributed by atoms with van der Waals surface area (Å²) in [6.45, 7) is 7.42. The number of aliphatic carboxylic acids is 1. The van der Waals surface area contributed by atoms with Crippen molar-refractivity contribution in [1.29, 1.82) is 0 Å². The summed E-state index contributed by atoms with van der Waals surface area (Å²) in [6, 6.07) is 0. The van der Waals surface area contributed by atoms with E-state index in [0.717, 1.165) is 19.3 Å². The second kappa shape index (κ2) is 30.0. The molecule has 0 aromatic heterocycles. The van der Waals surface area contributed by atoms with Gasteiger partial charge in [0, 0.05) is 0 Å². The fraction of sp³-hybridized carbons (Fsp3) is 0.824. The van der Waals surface area contributed by atoms with E-state index in [1.165, 1.54) is 141 Å². The number of carboxylic acids is 1. The Hall–Kier alpha value is -1.58. The number of allylic oxidation sites excluding steroid dienone is 1. The zero-order valence-electron chi connectivity index (χ0n) is 24.9. The highest BCUT2D eigenvalue weighted by Crippen LogP contribution is 2.18. The van der Waals surface area contributed by atoms with Crippen LogP contribution in [0.2, 0.25) is 0 Å². The second-order valence-electron chi connectivity index (χ2n) is 11.2. The molecule has 0 radical (unpaired) electrons. The zero-order valence-corrected chi connectivity index (χ0v) is 24.9. The lowest BCUT2D eigenvalue weighted by atomic mass is 9.97. The lowest BCUT2D eigenvalue weighted by Crippen LogP contribution is -2.19. The van der Waals surface area contributed by atoms with Gasteiger partial charge in [0.1, 0.15) is 6.61 Å². The second-order valence-corrected chi connectivity index (χ2v) is 11.2. The first kappa shape index (κ1) is 36.4. The largest absolute Gasteiger partial charge is 0.481 e. The molecule has 0 fully saturated rings. The van der Waals surface area contributed by atoms with Gasteiger partial charge in [-0.05, 0) is 19.3 Å². The van der Waals surface area contributed by atoms with Crippen LogP contribution in [0.25, 0.3) is 0 Å². The quantitative estimate of drug-likeness (QED) is 0.0545. The van der Waals surface area contributed by atoms with Crippen molar-refractivity contribution >= 4 is 11.9 Å². The summed E-state index contributed by atoms with van der Waals surface area (Å²) in [4.78, 5) is 23.0. The molecule has 222 valence electrons. The van der Waals surface area contributed by atoms with Gasteiger partial charge in [-0.3, -0.25) is 9.59 Å². The molecule has 1 unspecified atom stereocenters. The summed E-state index contributed by atoms with van der Waals surface area (Å²) in [7, 11) is 0. The Morgan fingerprint density at radius 1 is 0.553 bits per heavy atom. The van der Waals surface area contributed by atoms with Crippen LogP contribution < -0.4 is 0 Å². The van der Waals surface area contributed by atoms with Crippen LogP contribution in [-0.2, 0) is 14.3 Å². The highest BCUT2D eigenvalue weighted by atomic mass is 16.5. The van der Waals surface area contributed by atoms with E-state index in [1.54, 1.807) is 0 Å². The molecule has 1 N–H and O–H groups in total. The number of hydrogen-bond donors (Lipinski definition) is 1. The molecule has 1 atom stereocenters. The van der Waals surface area contributed by atoms with Gasteiger partial charge in [-0.1, -0.05) is 160 Å². The van der Waals surface area contributed by atoms with Gasteiger partial charge in [-0.2, -0.15) is 0 Å². The molecule has 0 aromatic carbocycles. The molecule has 0 aromatic rings. The van der Waals surface area contributed by atoms with E-state index in [2.05, 4.69) is 13.2 Å². The topological polar surface area (TPSA) is 63.6 Å². The van der Waals surface area contributed by atoms with Gasteiger partial charge in [0.05, 0.1) is 12.3 Å². The minimum Gasteiger partial charge on any atom is -0.481 e. The number of ether oxygens (including phenoxy) is 1. The van der Waals surface area contributed by atoms with E-state index in [9.17, 15) is 14.7 Å². The molecule has 0 rings (SSSR count). The molecule has 0 heterocycles. The maximum atomic E-state index is 11.6. The number of rotatable bonds is 31. The third kappa shape index (κ3) is 27.5. The minimum absolute atomic E-state index is 0.0409. The Kier molecular flexibility index (Phi) is 28.7. The van der Waals surface area contributed by atoms with Gasteiger partial charge in [0.2, 0.25) is 0 Å². The van der Waals surface area contributed by atoms with Gasteiger partial charge >= 0.3 is 11.9 Å². The Morgan fingerprint density at radius 2 is 0.895 bits per heavy atom. The lowest BCUT2D eigenvalue weighted by molar-refractivity contribution is -0.151. The van der Waals surface area contributed by atoms with Gasteiger partial charge in [0.15, 0.2) is 0 Å². The molecular weight excluding hydrogens is 472 g/mol. The Morgan fingerprint density at radius 3 is 1.21 bits per heavy atom. The van der Waals surface area contributed by atoms with Crippen molar-refractivity contribution in [3.8, 4) is 0 Å². The number of hydrogen-bond acceptors (Lipinski definition) is 3. The Labute approximate surface area is 236 Å². The van der Waals surface area contributed by atoms with Crippen LogP contribution in [0.5, 0.6) is 0 Å². The van der Waals surface area contributed by atoms with Crippen LogP contribution in [0, 0.1) is 5.92 Å². The predicted octanol–water partition coefficient (Wildman–Crippen LogP) is 10.7. The highest BCUT2D eigenvalue weighted by molar-refractivity contribution is 5.78. The summed E-state index contributed by atoms with van der Waals surface area (Å²) in [5.74, 6) is -1.98. The smallest absolute Gasteiger partial charge is 0.307 e. The van der Waals surface area contributed by atoms with E-state index >= 15 is 0 Å². The average molecular weight is 535 g/mol. The van der Waals surface area contributed by atoms with Gasteiger partial charge in [-0.15, -0.1) is 6.58 Å². The van der Waals surface area contributed by atoms with E-state index in [4.69, 9.17) is 4.74 Å². The molecule has 0 amide bonds. The number of carboxylic acid groups (broad SMARTS) is 1. The molecule has 0 spiro atoms. The third-order valence-electron chi connectivity index (χ3n) is 7.59. The summed E-state index contributed by atoms with van der Waals surface area (Å²) in [5.41, 5.74) is 0. The molecule has 0 aliphatic carbocycles. The molecule has 4 heteroatoms. The lowest BCUT2D eigenvalue weighted by Gasteiger charge is -2.11. The Balaban J connectivity index is 3.28. The van der Waals surface area contributed by atoms with Crippen molar-refractivity contribution in [3.63, 3.8) is 0 Å². The predicted molar refractivity (Wildman–Crippen MR) is 163 cm³/mol. The van der Waals surface area contributed by atoms with Crippen molar-refractivity contribution in [2.75, 3.05) is 6.61 Å². The van der Waals surface area contributed by atoms with Crippen LogP contribution >= 0.6 is 0 Å². The fourth-order valence-electron chi connectivity index (χ4n) is 5.12. The average Bonchev–Trinajstić information content (AvgIpc) is 2.91. The molecule has 0 bridgehead atoms. The van der Waals surface area contributed by atoms with Crippen LogP contribution in [0.1, 0.15) is 167 Å². The van der Waals surface area contributed by atoms with E-state index in [1.807, 2.05) is 6.08 Å². The highest BCUT2D eigenvalue weighted by Gasteiger charge is 2.21. The van der Waals surface area contributed by atoms with Gasteiger partial charge in [0.25, 0.3) is 0 Å². The van der Waals surface area contributed by atoms with Crippen LogP contribution in [0.3, 0.4) is 0 Å². The third-order valence-corrected chi connectivity index (χ3v) is 7.59. The van der Waals surface area contributed by atoms with Crippen molar-refractivity contribution < 1.29 is 19.4 Å². The number of esters is 1. The van der Waals surface area contributed by atoms with Crippen LogP contribution in [-0.4, -0.2) is 23.7 Å². The summed E-state index contributed by atoms with van der Waals surface area (Å²) in [5, 5.41) is 9.31. The zero-order chi connectivity index (χ0) is 27.9. The molecule has 38 heavy (non-hydrogen) atoms.